The van der Waals surface area contributed by atoms with Crippen LogP contribution in [0.3, 0.4) is 0 Å². The first-order valence-electron chi connectivity index (χ1n) is 13.4. The highest BCUT2D eigenvalue weighted by atomic mass is 19.1. The molecule has 0 bridgehead atoms. The molecule has 3 amide bonds. The molecule has 0 spiro atoms. The van der Waals surface area contributed by atoms with E-state index >= 15 is 0 Å². The average molecular weight is 583 g/mol. The minimum absolute atomic E-state index is 0.147. The molecule has 1 unspecified atom stereocenters. The van der Waals surface area contributed by atoms with Crippen molar-refractivity contribution in [1.29, 1.82) is 0 Å². The summed E-state index contributed by atoms with van der Waals surface area (Å²) in [5, 5.41) is 2.84. The molecule has 0 saturated carbocycles. The fourth-order valence-corrected chi connectivity index (χ4v) is 4.91. The lowest BCUT2D eigenvalue weighted by Gasteiger charge is -2.33. The maximum atomic E-state index is 14.1. The van der Waals surface area contributed by atoms with Gasteiger partial charge in [0.1, 0.15) is 24.2 Å². The molecular formula is C33H28F2N4O4. The number of nitrogens with zero attached hydrogens (tertiary/aromatic N) is 3. The van der Waals surface area contributed by atoms with E-state index in [1.807, 2.05) is 31.1 Å². The molecule has 218 valence electrons. The van der Waals surface area contributed by atoms with E-state index in [0.717, 1.165) is 10.6 Å². The lowest BCUT2D eigenvalue weighted by molar-refractivity contribution is -0.139. The molecule has 4 aromatic rings. The van der Waals surface area contributed by atoms with Gasteiger partial charge in [-0.25, -0.2) is 8.78 Å². The Kier molecular flexibility index (Phi) is 8.29. The fourth-order valence-electron chi connectivity index (χ4n) is 4.91. The summed E-state index contributed by atoms with van der Waals surface area (Å²) in [6.07, 6.45) is 0. The van der Waals surface area contributed by atoms with Gasteiger partial charge in [0.15, 0.2) is 0 Å². The number of benzene rings is 4. The van der Waals surface area contributed by atoms with E-state index < -0.39 is 47.7 Å². The molecule has 8 nitrogen and oxygen atoms in total. The molecule has 4 aromatic carbocycles. The normalized spacial score (nSPS) is 13.0. The summed E-state index contributed by atoms with van der Waals surface area (Å²) in [6.45, 7) is -0.683. The topological polar surface area (TPSA) is 90.0 Å². The summed E-state index contributed by atoms with van der Waals surface area (Å²) >= 11 is 0. The van der Waals surface area contributed by atoms with E-state index in [9.17, 15) is 28.0 Å². The van der Waals surface area contributed by atoms with Crippen molar-refractivity contribution in [3.63, 3.8) is 0 Å². The number of rotatable bonds is 9. The van der Waals surface area contributed by atoms with Crippen molar-refractivity contribution in [3.05, 3.63) is 125 Å². The number of hydrogen-bond donors (Lipinski definition) is 1. The van der Waals surface area contributed by atoms with Gasteiger partial charge in [-0.3, -0.25) is 24.1 Å². The molecule has 0 saturated heterocycles. The number of anilines is 3. The Morgan fingerprint density at radius 2 is 1.42 bits per heavy atom. The largest absolute Gasteiger partial charge is 0.378 e. The molecule has 1 N–H and O–H groups in total. The number of hydrogen-bond acceptors (Lipinski definition) is 5. The van der Waals surface area contributed by atoms with Crippen LogP contribution in [0.2, 0.25) is 0 Å². The number of carbonyl (C=O) groups excluding carboxylic acids is 4. The first-order valence-corrected chi connectivity index (χ1v) is 13.4. The second kappa shape index (κ2) is 12.2. The van der Waals surface area contributed by atoms with Crippen LogP contribution in [0.15, 0.2) is 97.1 Å². The van der Waals surface area contributed by atoms with Crippen LogP contribution in [0.4, 0.5) is 25.8 Å². The van der Waals surface area contributed by atoms with Gasteiger partial charge in [0.25, 0.3) is 17.6 Å². The van der Waals surface area contributed by atoms with Crippen LogP contribution in [0, 0.1) is 11.6 Å². The standard InChI is InChI=1S/C33H28F2N4O4/c1-37(2)26-17-15-25(16-18-26)36-32(42)30(22-9-13-24(35)14-10-22)39(19-21-7-11-23(34)12-8-21)29(40)20-38-28-6-4-3-5-27(28)31(41)33(38)43/h3-18,30H,19-20H2,1-2H3,(H,36,42). The molecule has 10 heteroatoms. The lowest BCUT2D eigenvalue weighted by atomic mass is 10.0. The van der Waals surface area contributed by atoms with Crippen molar-refractivity contribution in [2.45, 2.75) is 12.6 Å². The summed E-state index contributed by atoms with van der Waals surface area (Å²) < 4.78 is 27.7. The van der Waals surface area contributed by atoms with E-state index in [-0.39, 0.29) is 17.8 Å². The zero-order chi connectivity index (χ0) is 30.7. The Morgan fingerprint density at radius 3 is 2.05 bits per heavy atom. The minimum Gasteiger partial charge on any atom is -0.378 e. The molecule has 1 aliphatic heterocycles. The molecule has 5 rings (SSSR count). The van der Waals surface area contributed by atoms with Gasteiger partial charge in [-0.1, -0.05) is 36.4 Å². The van der Waals surface area contributed by atoms with Crippen molar-refractivity contribution in [2.75, 3.05) is 35.8 Å². The van der Waals surface area contributed by atoms with Crippen LogP contribution in [0.1, 0.15) is 27.5 Å². The first-order chi connectivity index (χ1) is 20.6. The molecule has 1 heterocycles. The molecule has 1 aliphatic rings. The monoisotopic (exact) mass is 582 g/mol. The third-order valence-electron chi connectivity index (χ3n) is 7.16. The van der Waals surface area contributed by atoms with Crippen LogP contribution >= 0.6 is 0 Å². The highest BCUT2D eigenvalue weighted by Crippen LogP contribution is 2.31. The Hall–Kier alpha value is -5.38. The number of amides is 3. The van der Waals surface area contributed by atoms with E-state index in [1.54, 1.807) is 30.3 Å². The third-order valence-corrected chi connectivity index (χ3v) is 7.16. The summed E-state index contributed by atoms with van der Waals surface area (Å²) in [4.78, 5) is 57.7. The quantitative estimate of drug-likeness (QED) is 0.282. The van der Waals surface area contributed by atoms with E-state index in [1.165, 1.54) is 59.5 Å². The van der Waals surface area contributed by atoms with Crippen molar-refractivity contribution in [3.8, 4) is 0 Å². The van der Waals surface area contributed by atoms with Crippen LogP contribution in [-0.2, 0) is 20.9 Å². The number of nitrogens with one attached hydrogen (secondary N) is 1. The van der Waals surface area contributed by atoms with E-state index in [2.05, 4.69) is 5.32 Å². The Labute approximate surface area is 247 Å². The molecule has 1 atom stereocenters. The average Bonchev–Trinajstić information content (AvgIpc) is 3.23. The maximum Gasteiger partial charge on any atom is 0.299 e. The lowest BCUT2D eigenvalue weighted by Crippen LogP contribution is -2.46. The van der Waals surface area contributed by atoms with Crippen molar-refractivity contribution in [1.82, 2.24) is 4.90 Å². The zero-order valence-electron chi connectivity index (χ0n) is 23.5. The minimum atomic E-state index is -1.28. The van der Waals surface area contributed by atoms with Gasteiger partial charge in [0, 0.05) is 32.0 Å². The molecular weight excluding hydrogens is 554 g/mol. The van der Waals surface area contributed by atoms with E-state index in [0.29, 0.717) is 16.8 Å². The smallest absolute Gasteiger partial charge is 0.299 e. The number of carbonyl (C=O) groups is 4. The van der Waals surface area contributed by atoms with Gasteiger partial charge >= 0.3 is 0 Å². The zero-order valence-corrected chi connectivity index (χ0v) is 23.5. The van der Waals surface area contributed by atoms with Crippen molar-refractivity contribution < 1.29 is 28.0 Å². The van der Waals surface area contributed by atoms with Crippen molar-refractivity contribution in [2.24, 2.45) is 0 Å². The predicted molar refractivity (Wildman–Crippen MR) is 159 cm³/mol. The summed E-state index contributed by atoms with van der Waals surface area (Å²) in [5.74, 6) is -3.86. The van der Waals surface area contributed by atoms with Crippen molar-refractivity contribution >= 4 is 40.6 Å². The summed E-state index contributed by atoms with van der Waals surface area (Å²) in [5.41, 5.74) is 2.66. The fraction of sp³-hybridized carbons (Fsp3) is 0.152. The second-order valence-corrected chi connectivity index (χ2v) is 10.3. The van der Waals surface area contributed by atoms with E-state index in [4.69, 9.17) is 0 Å². The van der Waals surface area contributed by atoms with Gasteiger partial charge in [0.05, 0.1) is 11.3 Å². The summed E-state index contributed by atoms with van der Waals surface area (Å²) in [7, 11) is 3.77. The number of ketones is 1. The maximum absolute atomic E-state index is 14.1. The highest BCUT2D eigenvalue weighted by molar-refractivity contribution is 6.52. The van der Waals surface area contributed by atoms with Crippen LogP contribution in [-0.4, -0.2) is 49.0 Å². The Morgan fingerprint density at radius 1 is 0.814 bits per heavy atom. The highest BCUT2D eigenvalue weighted by Gasteiger charge is 2.39. The number of Topliss-reactive ketones (excluding diaryl/α,β-unsaturated/α-hetero) is 1. The Balaban J connectivity index is 1.53. The molecule has 0 fully saturated rings. The molecule has 0 aromatic heterocycles. The van der Waals surface area contributed by atoms with Crippen LogP contribution < -0.4 is 15.1 Å². The van der Waals surface area contributed by atoms with Crippen LogP contribution in [0.25, 0.3) is 0 Å². The number of para-hydroxylation sites is 1. The summed E-state index contributed by atoms with van der Waals surface area (Å²) in [6, 6.07) is 22.7. The Bertz CT molecular complexity index is 1670. The van der Waals surface area contributed by atoms with Gasteiger partial charge in [-0.2, -0.15) is 0 Å². The third kappa shape index (κ3) is 6.28. The first kappa shape index (κ1) is 29.1. The number of halogens is 2. The molecule has 0 radical (unpaired) electrons. The van der Waals surface area contributed by atoms with Gasteiger partial charge in [0.2, 0.25) is 5.91 Å². The predicted octanol–water partition coefficient (Wildman–Crippen LogP) is 4.97. The van der Waals surface area contributed by atoms with Crippen LogP contribution in [0.5, 0.6) is 0 Å². The van der Waals surface area contributed by atoms with Gasteiger partial charge < -0.3 is 15.1 Å². The molecule has 0 aliphatic carbocycles. The second-order valence-electron chi connectivity index (χ2n) is 10.3. The SMILES string of the molecule is CN(C)c1ccc(NC(=O)C(c2ccc(F)cc2)N(Cc2ccc(F)cc2)C(=O)CN2C(=O)C(=O)c3ccccc32)cc1. The molecule has 43 heavy (non-hydrogen) atoms. The number of fused-ring (bicyclic) bond motifs is 1. The van der Waals surface area contributed by atoms with Gasteiger partial charge in [-0.15, -0.1) is 0 Å². The van der Waals surface area contributed by atoms with Gasteiger partial charge in [-0.05, 0) is 71.8 Å².